The smallest absolute Gasteiger partial charge is 0.359 e. The van der Waals surface area contributed by atoms with Gasteiger partial charge in [0, 0.05) is 28.9 Å². The number of H-pyrrole nitrogens is 1. The fourth-order valence-electron chi connectivity index (χ4n) is 2.35. The second-order valence-electron chi connectivity index (χ2n) is 5.24. The van der Waals surface area contributed by atoms with Gasteiger partial charge in [0.25, 0.3) is 0 Å². The Morgan fingerprint density at radius 1 is 1.16 bits per heavy atom. The van der Waals surface area contributed by atoms with Gasteiger partial charge in [0.2, 0.25) is 5.78 Å². The number of benzene rings is 1. The number of halogens is 3. The van der Waals surface area contributed by atoms with E-state index in [1.54, 1.807) is 6.20 Å². The van der Waals surface area contributed by atoms with Gasteiger partial charge in [-0.3, -0.25) is 4.79 Å². The van der Waals surface area contributed by atoms with Crippen LogP contribution in [0, 0.1) is 0 Å². The minimum Gasteiger partial charge on any atom is -0.449 e. The summed E-state index contributed by atoms with van der Waals surface area (Å²) >= 11 is 17.6. The van der Waals surface area contributed by atoms with Crippen LogP contribution < -0.4 is 0 Å². The zero-order valence-electron chi connectivity index (χ0n) is 12.8. The van der Waals surface area contributed by atoms with Crippen LogP contribution in [0.2, 0.25) is 15.1 Å². The predicted octanol–water partition coefficient (Wildman–Crippen LogP) is 4.95. The van der Waals surface area contributed by atoms with Crippen molar-refractivity contribution in [2.24, 2.45) is 0 Å². The summed E-state index contributed by atoms with van der Waals surface area (Å²) in [6.45, 7) is 1.48. The fraction of sp³-hybridized carbons (Fsp3) is 0.118. The molecule has 1 N–H and O–H groups in total. The number of carbonyl (C=O) groups excluding carboxylic acids is 2. The maximum atomic E-state index is 12.6. The van der Waals surface area contributed by atoms with E-state index in [0.29, 0.717) is 5.56 Å². The molecule has 8 heteroatoms. The lowest BCUT2D eigenvalue weighted by Gasteiger charge is -2.12. The van der Waals surface area contributed by atoms with E-state index in [1.165, 1.54) is 13.1 Å². The minimum absolute atomic E-state index is 0.000825. The Morgan fingerprint density at radius 3 is 2.64 bits per heavy atom. The lowest BCUT2D eigenvalue weighted by atomic mass is 10.1. The second-order valence-corrected chi connectivity index (χ2v) is 6.41. The lowest BCUT2D eigenvalue weighted by Crippen LogP contribution is -2.25. The summed E-state index contributed by atoms with van der Waals surface area (Å²) in [6.07, 6.45) is 1.75. The first-order valence-electron chi connectivity index (χ1n) is 7.21. The van der Waals surface area contributed by atoms with Crippen LogP contribution in [0.1, 0.15) is 27.8 Å². The molecule has 0 aliphatic heterocycles. The molecule has 5 nitrogen and oxygen atoms in total. The van der Waals surface area contributed by atoms with Crippen molar-refractivity contribution in [1.29, 1.82) is 0 Å². The van der Waals surface area contributed by atoms with Crippen LogP contribution in [0.15, 0.2) is 36.7 Å². The van der Waals surface area contributed by atoms with E-state index < -0.39 is 12.1 Å². The standard InChI is InChI=1S/C17H11Cl3N2O3/c1-8(16(23)10-6-21-12-5-3-2-4-9(10)12)25-17(24)15-14(20)13(19)11(18)7-22-15/h2-8,21H,1H3/t8-/m0/s1. The van der Waals surface area contributed by atoms with E-state index >= 15 is 0 Å². The van der Waals surface area contributed by atoms with Crippen LogP contribution in [-0.2, 0) is 4.74 Å². The van der Waals surface area contributed by atoms with Crippen LogP contribution >= 0.6 is 34.8 Å². The number of nitrogens with zero attached hydrogens (tertiary/aromatic N) is 1. The van der Waals surface area contributed by atoms with Crippen LogP contribution in [0.25, 0.3) is 10.9 Å². The van der Waals surface area contributed by atoms with Crippen molar-refractivity contribution in [3.63, 3.8) is 0 Å². The number of hydrogen-bond donors (Lipinski definition) is 1. The van der Waals surface area contributed by atoms with Gasteiger partial charge in [-0.1, -0.05) is 53.0 Å². The summed E-state index contributed by atoms with van der Waals surface area (Å²) in [4.78, 5) is 31.7. The van der Waals surface area contributed by atoms with E-state index in [1.807, 2.05) is 24.3 Å². The van der Waals surface area contributed by atoms with E-state index in [4.69, 9.17) is 39.5 Å². The van der Waals surface area contributed by atoms with Crippen LogP contribution in [-0.4, -0.2) is 27.8 Å². The number of carbonyl (C=O) groups is 2. The van der Waals surface area contributed by atoms with Crippen molar-refractivity contribution in [3.05, 3.63) is 63.0 Å². The highest BCUT2D eigenvalue weighted by Crippen LogP contribution is 2.31. The van der Waals surface area contributed by atoms with Crippen LogP contribution in [0.3, 0.4) is 0 Å². The molecule has 128 valence electrons. The topological polar surface area (TPSA) is 72.0 Å². The van der Waals surface area contributed by atoms with Crippen molar-refractivity contribution in [2.45, 2.75) is 13.0 Å². The number of pyridine rings is 1. The van der Waals surface area contributed by atoms with E-state index in [-0.39, 0.29) is 26.5 Å². The minimum atomic E-state index is -1.03. The van der Waals surface area contributed by atoms with Crippen molar-refractivity contribution < 1.29 is 14.3 Å². The summed E-state index contributed by atoms with van der Waals surface area (Å²) in [5, 5.41) is 0.749. The van der Waals surface area contributed by atoms with Crippen molar-refractivity contribution >= 4 is 57.5 Å². The number of hydrogen-bond acceptors (Lipinski definition) is 4. The summed E-state index contributed by atoms with van der Waals surface area (Å²) in [5.74, 6) is -1.20. The first-order chi connectivity index (χ1) is 11.9. The van der Waals surface area contributed by atoms with Crippen molar-refractivity contribution in [3.8, 4) is 0 Å². The number of fused-ring (bicyclic) bond motifs is 1. The third kappa shape index (κ3) is 3.35. The molecule has 0 saturated heterocycles. The normalized spacial score (nSPS) is 12.2. The number of rotatable bonds is 4. The van der Waals surface area contributed by atoms with E-state index in [0.717, 1.165) is 10.9 Å². The quantitative estimate of drug-likeness (QED) is 0.499. The summed E-state index contributed by atoms with van der Waals surface area (Å²) in [5.41, 5.74) is 1.05. The van der Waals surface area contributed by atoms with Gasteiger partial charge in [-0.15, -0.1) is 0 Å². The molecule has 3 aromatic rings. The number of nitrogens with one attached hydrogen (secondary N) is 1. The number of para-hydroxylation sites is 1. The van der Waals surface area contributed by atoms with Gasteiger partial charge in [0.05, 0.1) is 15.1 Å². The van der Waals surface area contributed by atoms with Gasteiger partial charge in [-0.25, -0.2) is 9.78 Å². The molecule has 25 heavy (non-hydrogen) atoms. The molecular weight excluding hydrogens is 387 g/mol. The van der Waals surface area contributed by atoms with Gasteiger partial charge in [-0.2, -0.15) is 0 Å². The Hall–Kier alpha value is -2.08. The second kappa shape index (κ2) is 7.04. The Labute approximate surface area is 157 Å². The van der Waals surface area contributed by atoms with Gasteiger partial charge >= 0.3 is 5.97 Å². The Kier molecular flexibility index (Phi) is 4.99. The number of ketones is 1. The molecule has 0 saturated carbocycles. The first kappa shape index (κ1) is 17.7. The number of aromatic nitrogens is 2. The van der Waals surface area contributed by atoms with Crippen molar-refractivity contribution in [2.75, 3.05) is 0 Å². The summed E-state index contributed by atoms with van der Waals surface area (Å²) < 4.78 is 5.20. The molecule has 0 aliphatic rings. The van der Waals surface area contributed by atoms with Gasteiger partial charge in [0.1, 0.15) is 0 Å². The molecule has 0 unspecified atom stereocenters. The molecule has 1 aromatic carbocycles. The Bertz CT molecular complexity index is 984. The molecule has 1 atom stereocenters. The monoisotopic (exact) mass is 396 g/mol. The van der Waals surface area contributed by atoms with Gasteiger partial charge in [-0.05, 0) is 13.0 Å². The molecule has 3 rings (SSSR count). The van der Waals surface area contributed by atoms with E-state index in [9.17, 15) is 9.59 Å². The largest absolute Gasteiger partial charge is 0.449 e. The summed E-state index contributed by atoms with van der Waals surface area (Å²) in [6, 6.07) is 7.34. The van der Waals surface area contributed by atoms with Gasteiger partial charge in [0.15, 0.2) is 11.8 Å². The molecular formula is C17H11Cl3N2O3. The number of esters is 1. The molecule has 0 bridgehead atoms. The summed E-state index contributed by atoms with van der Waals surface area (Å²) in [7, 11) is 0. The molecule has 0 radical (unpaired) electrons. The van der Waals surface area contributed by atoms with Crippen molar-refractivity contribution in [1.82, 2.24) is 9.97 Å². The number of ether oxygens (including phenoxy) is 1. The zero-order valence-corrected chi connectivity index (χ0v) is 15.1. The average Bonchev–Trinajstić information content (AvgIpc) is 3.03. The SMILES string of the molecule is C[C@H](OC(=O)c1ncc(Cl)c(Cl)c1Cl)C(=O)c1c[nH]c2ccccc12. The van der Waals surface area contributed by atoms with E-state index in [2.05, 4.69) is 9.97 Å². The maximum Gasteiger partial charge on any atom is 0.359 e. The Balaban J connectivity index is 1.82. The lowest BCUT2D eigenvalue weighted by molar-refractivity contribution is 0.0314. The third-order valence-corrected chi connectivity index (χ3v) is 4.86. The molecule has 0 fully saturated rings. The van der Waals surface area contributed by atoms with Gasteiger partial charge < -0.3 is 9.72 Å². The van der Waals surface area contributed by atoms with Crippen LogP contribution in [0.5, 0.6) is 0 Å². The first-order valence-corrected chi connectivity index (χ1v) is 8.34. The molecule has 0 aliphatic carbocycles. The highest BCUT2D eigenvalue weighted by molar-refractivity contribution is 6.48. The predicted molar refractivity (Wildman–Crippen MR) is 96.8 cm³/mol. The average molecular weight is 398 g/mol. The number of aromatic amines is 1. The highest BCUT2D eigenvalue weighted by atomic mass is 35.5. The fourth-order valence-corrected chi connectivity index (χ4v) is 2.91. The molecule has 2 heterocycles. The number of Topliss-reactive ketones (excluding diaryl/α,β-unsaturated/α-hetero) is 1. The molecule has 0 spiro atoms. The maximum absolute atomic E-state index is 12.6. The third-order valence-electron chi connectivity index (χ3n) is 3.62. The molecule has 0 amide bonds. The highest BCUT2D eigenvalue weighted by Gasteiger charge is 2.25. The van der Waals surface area contributed by atoms with Crippen LogP contribution in [0.4, 0.5) is 0 Å². The Morgan fingerprint density at radius 2 is 1.88 bits per heavy atom. The molecule has 2 aromatic heterocycles. The zero-order chi connectivity index (χ0) is 18.1.